The molecule has 0 saturated heterocycles. The summed E-state index contributed by atoms with van der Waals surface area (Å²) >= 11 is 1.42. The van der Waals surface area contributed by atoms with Crippen molar-refractivity contribution in [2.24, 2.45) is 0 Å². The van der Waals surface area contributed by atoms with Crippen LogP contribution in [0.4, 0.5) is 11.5 Å². The molecule has 2 aromatic heterocycles. The van der Waals surface area contributed by atoms with Crippen LogP contribution < -0.4 is 20.3 Å². The van der Waals surface area contributed by atoms with E-state index < -0.39 is 0 Å². The molecule has 0 saturated carbocycles. The van der Waals surface area contributed by atoms with E-state index in [4.69, 9.17) is 9.47 Å². The number of nitrogens with zero attached hydrogens (tertiary/aromatic N) is 4. The highest BCUT2D eigenvalue weighted by Crippen LogP contribution is 2.23. The number of thioether (sulfide) groups is 1. The Bertz CT molecular complexity index is 1220. The van der Waals surface area contributed by atoms with Gasteiger partial charge in [0.25, 0.3) is 0 Å². The van der Waals surface area contributed by atoms with Crippen LogP contribution in [0, 0.1) is 0 Å². The van der Waals surface area contributed by atoms with Gasteiger partial charge in [-0.1, -0.05) is 23.9 Å². The van der Waals surface area contributed by atoms with E-state index >= 15 is 0 Å². The monoisotopic (exact) mass is 449 g/mol. The van der Waals surface area contributed by atoms with Crippen molar-refractivity contribution >= 4 is 23.3 Å². The van der Waals surface area contributed by atoms with Crippen LogP contribution in [0.3, 0.4) is 0 Å². The van der Waals surface area contributed by atoms with Gasteiger partial charge < -0.3 is 14.8 Å². The van der Waals surface area contributed by atoms with Crippen LogP contribution in [-0.4, -0.2) is 33.3 Å². The summed E-state index contributed by atoms with van der Waals surface area (Å²) in [6, 6.07) is 18.8. The molecule has 0 aliphatic rings. The van der Waals surface area contributed by atoms with Crippen LogP contribution in [-0.2, 0) is 5.75 Å². The van der Waals surface area contributed by atoms with Gasteiger partial charge in [0.1, 0.15) is 11.5 Å². The largest absolute Gasteiger partial charge is 0.497 e. The lowest BCUT2D eigenvalue weighted by Gasteiger charge is -2.14. The lowest BCUT2D eigenvalue weighted by atomic mass is 10.2. The minimum Gasteiger partial charge on any atom is -0.497 e. The van der Waals surface area contributed by atoms with Crippen LogP contribution in [0.2, 0.25) is 0 Å². The van der Waals surface area contributed by atoms with Gasteiger partial charge in [-0.25, -0.2) is 0 Å². The SMILES string of the molecule is CCOc1ccc(Nc2nnc(SCc3cccc(OC)c3)n(-n3cccc3)c2=O)cc1. The molecule has 0 radical (unpaired) electrons. The molecule has 0 aliphatic heterocycles. The number of anilines is 2. The fourth-order valence-electron chi connectivity index (χ4n) is 3.04. The van der Waals surface area contributed by atoms with Crippen LogP contribution in [0.15, 0.2) is 83.0 Å². The maximum absolute atomic E-state index is 13.3. The molecule has 4 aromatic rings. The second kappa shape index (κ2) is 10.1. The van der Waals surface area contributed by atoms with E-state index in [0.29, 0.717) is 17.5 Å². The molecule has 164 valence electrons. The fraction of sp³-hybridized carbons (Fsp3) is 0.174. The van der Waals surface area contributed by atoms with Gasteiger partial charge >= 0.3 is 5.56 Å². The summed E-state index contributed by atoms with van der Waals surface area (Å²) in [5.74, 6) is 2.29. The van der Waals surface area contributed by atoms with E-state index in [1.807, 2.05) is 67.6 Å². The molecular formula is C23H23N5O3S. The third-order valence-electron chi connectivity index (χ3n) is 4.56. The second-order valence-electron chi connectivity index (χ2n) is 6.73. The van der Waals surface area contributed by atoms with Gasteiger partial charge in [-0.3, -0.25) is 9.47 Å². The van der Waals surface area contributed by atoms with E-state index in [1.165, 1.54) is 16.4 Å². The molecule has 8 nitrogen and oxygen atoms in total. The van der Waals surface area contributed by atoms with E-state index in [2.05, 4.69) is 15.5 Å². The zero-order chi connectivity index (χ0) is 22.3. The highest BCUT2D eigenvalue weighted by atomic mass is 32.2. The zero-order valence-electron chi connectivity index (χ0n) is 17.8. The standard InChI is InChI=1S/C23H23N5O3S/c1-3-31-19-11-9-18(10-12-19)24-21-22(29)28(27-13-4-5-14-27)23(26-25-21)32-16-17-7-6-8-20(15-17)30-2/h4-15H,3,16H2,1-2H3,(H,24,25). The summed E-state index contributed by atoms with van der Waals surface area (Å²) in [4.78, 5) is 13.3. The van der Waals surface area contributed by atoms with Crippen LogP contribution in [0.5, 0.6) is 11.5 Å². The van der Waals surface area contributed by atoms with Crippen molar-refractivity contribution in [3.05, 3.63) is 89.0 Å². The Labute approximate surface area is 189 Å². The van der Waals surface area contributed by atoms with Gasteiger partial charge in [0.15, 0.2) is 0 Å². The summed E-state index contributed by atoms with van der Waals surface area (Å²) in [7, 11) is 1.64. The Kier molecular flexibility index (Phi) is 6.76. The van der Waals surface area contributed by atoms with Gasteiger partial charge in [-0.2, -0.15) is 4.68 Å². The van der Waals surface area contributed by atoms with Gasteiger partial charge in [-0.15, -0.1) is 10.2 Å². The van der Waals surface area contributed by atoms with Gasteiger partial charge in [-0.05, 0) is 61.0 Å². The lowest BCUT2D eigenvalue weighted by Crippen LogP contribution is -2.30. The number of hydrogen-bond donors (Lipinski definition) is 1. The third kappa shape index (κ3) is 4.94. The Hall–Kier alpha value is -3.72. The number of hydrogen-bond acceptors (Lipinski definition) is 7. The molecule has 2 heterocycles. The van der Waals surface area contributed by atoms with E-state index in [9.17, 15) is 4.79 Å². The van der Waals surface area contributed by atoms with E-state index in [1.54, 1.807) is 24.2 Å². The molecule has 0 fully saturated rings. The van der Waals surface area contributed by atoms with E-state index in [-0.39, 0.29) is 11.4 Å². The summed E-state index contributed by atoms with van der Waals surface area (Å²) in [5, 5.41) is 12.0. The molecule has 4 rings (SSSR count). The zero-order valence-corrected chi connectivity index (χ0v) is 18.6. The Morgan fingerprint density at radius 2 is 1.78 bits per heavy atom. The molecule has 9 heteroatoms. The molecule has 2 aromatic carbocycles. The lowest BCUT2D eigenvalue weighted by molar-refractivity contribution is 0.340. The van der Waals surface area contributed by atoms with Crippen LogP contribution >= 0.6 is 11.8 Å². The van der Waals surface area contributed by atoms with E-state index in [0.717, 1.165) is 22.7 Å². The minimum atomic E-state index is -0.307. The molecule has 0 spiro atoms. The minimum absolute atomic E-state index is 0.133. The van der Waals surface area contributed by atoms with Crippen molar-refractivity contribution in [1.29, 1.82) is 0 Å². The average Bonchev–Trinajstić information content (AvgIpc) is 3.35. The maximum atomic E-state index is 13.3. The predicted molar refractivity (Wildman–Crippen MR) is 125 cm³/mol. The first-order chi connectivity index (χ1) is 15.7. The molecule has 32 heavy (non-hydrogen) atoms. The molecule has 0 unspecified atom stereocenters. The fourth-order valence-corrected chi connectivity index (χ4v) is 3.92. The van der Waals surface area contributed by atoms with Crippen molar-refractivity contribution in [3.8, 4) is 11.5 Å². The summed E-state index contributed by atoms with van der Waals surface area (Å²) in [5.41, 5.74) is 1.47. The smallest absolute Gasteiger partial charge is 0.316 e. The van der Waals surface area contributed by atoms with Crippen molar-refractivity contribution < 1.29 is 9.47 Å². The number of rotatable bonds is 9. The quantitative estimate of drug-likeness (QED) is 0.384. The predicted octanol–water partition coefficient (Wildman–Crippen LogP) is 4.19. The first kappa shape index (κ1) is 21.5. The summed E-state index contributed by atoms with van der Waals surface area (Å²) in [6.45, 7) is 2.52. The van der Waals surface area contributed by atoms with Crippen molar-refractivity contribution in [1.82, 2.24) is 19.5 Å². The molecule has 0 bridgehead atoms. The van der Waals surface area contributed by atoms with Crippen molar-refractivity contribution in [3.63, 3.8) is 0 Å². The number of nitrogens with one attached hydrogen (secondary N) is 1. The van der Waals surface area contributed by atoms with Crippen LogP contribution in [0.25, 0.3) is 0 Å². The summed E-state index contributed by atoms with van der Waals surface area (Å²) < 4.78 is 13.9. The summed E-state index contributed by atoms with van der Waals surface area (Å²) in [6.07, 6.45) is 3.58. The number of ether oxygens (including phenoxy) is 2. The Morgan fingerprint density at radius 1 is 1.00 bits per heavy atom. The Balaban J connectivity index is 1.61. The average molecular weight is 450 g/mol. The maximum Gasteiger partial charge on any atom is 0.316 e. The first-order valence-electron chi connectivity index (χ1n) is 10.1. The number of aromatic nitrogens is 4. The van der Waals surface area contributed by atoms with Gasteiger partial charge in [0.2, 0.25) is 11.0 Å². The third-order valence-corrected chi connectivity index (χ3v) is 5.55. The van der Waals surface area contributed by atoms with Gasteiger partial charge in [0, 0.05) is 23.8 Å². The highest BCUT2D eigenvalue weighted by molar-refractivity contribution is 7.98. The Morgan fingerprint density at radius 3 is 2.50 bits per heavy atom. The molecule has 1 N–H and O–H groups in total. The molecule has 0 aliphatic carbocycles. The van der Waals surface area contributed by atoms with Crippen molar-refractivity contribution in [2.75, 3.05) is 19.0 Å². The first-order valence-corrected chi connectivity index (χ1v) is 11.1. The second-order valence-corrected chi connectivity index (χ2v) is 7.68. The molecular weight excluding hydrogens is 426 g/mol. The number of benzene rings is 2. The van der Waals surface area contributed by atoms with Crippen LogP contribution in [0.1, 0.15) is 12.5 Å². The topological polar surface area (TPSA) is 83.2 Å². The normalized spacial score (nSPS) is 10.7. The van der Waals surface area contributed by atoms with Crippen molar-refractivity contribution in [2.45, 2.75) is 17.8 Å². The molecule has 0 atom stereocenters. The molecule has 0 amide bonds. The number of methoxy groups -OCH3 is 1. The van der Waals surface area contributed by atoms with Gasteiger partial charge in [0.05, 0.1) is 13.7 Å². The highest BCUT2D eigenvalue weighted by Gasteiger charge is 2.15.